The molecule has 0 aromatic rings. The molecule has 2 atom stereocenters. The maximum absolute atomic E-state index is 3.80. The van der Waals surface area contributed by atoms with Gasteiger partial charge in [-0.1, -0.05) is 32.6 Å². The van der Waals surface area contributed by atoms with Crippen molar-refractivity contribution in [3.05, 3.63) is 0 Å². The second kappa shape index (κ2) is 7.49. The van der Waals surface area contributed by atoms with E-state index in [-0.39, 0.29) is 0 Å². The highest BCUT2D eigenvalue weighted by atomic mass is 15.2. The van der Waals surface area contributed by atoms with Crippen molar-refractivity contribution in [2.24, 2.45) is 5.92 Å². The van der Waals surface area contributed by atoms with E-state index in [1.54, 1.807) is 0 Å². The Morgan fingerprint density at radius 2 is 1.72 bits per heavy atom. The van der Waals surface area contributed by atoms with Gasteiger partial charge in [0.2, 0.25) is 0 Å². The minimum Gasteiger partial charge on any atom is -0.313 e. The first kappa shape index (κ1) is 14.3. The van der Waals surface area contributed by atoms with E-state index in [1.165, 1.54) is 71.0 Å². The SMILES string of the molecule is CC1CCN(CCNC2CCCCCC2)C(C)C1. The number of likely N-dealkylation sites (tertiary alicyclic amines) is 1. The zero-order valence-electron chi connectivity index (χ0n) is 12.5. The van der Waals surface area contributed by atoms with Crippen molar-refractivity contribution >= 4 is 0 Å². The van der Waals surface area contributed by atoms with Gasteiger partial charge < -0.3 is 5.32 Å². The van der Waals surface area contributed by atoms with E-state index in [2.05, 4.69) is 24.1 Å². The van der Waals surface area contributed by atoms with Gasteiger partial charge in [-0.25, -0.2) is 0 Å². The predicted molar refractivity (Wildman–Crippen MR) is 78.9 cm³/mol. The first-order valence-electron chi connectivity index (χ1n) is 8.23. The van der Waals surface area contributed by atoms with Crippen LogP contribution in [-0.2, 0) is 0 Å². The van der Waals surface area contributed by atoms with Crippen molar-refractivity contribution in [2.75, 3.05) is 19.6 Å². The molecule has 0 radical (unpaired) electrons. The zero-order valence-corrected chi connectivity index (χ0v) is 12.5. The molecule has 1 saturated heterocycles. The smallest absolute Gasteiger partial charge is 0.0110 e. The van der Waals surface area contributed by atoms with Gasteiger partial charge in [-0.05, 0) is 45.1 Å². The summed E-state index contributed by atoms with van der Waals surface area (Å²) in [5.74, 6) is 0.936. The van der Waals surface area contributed by atoms with E-state index in [0.717, 1.165) is 18.0 Å². The molecule has 0 bridgehead atoms. The quantitative estimate of drug-likeness (QED) is 0.771. The fourth-order valence-corrected chi connectivity index (χ4v) is 3.68. The van der Waals surface area contributed by atoms with Gasteiger partial charge in [0.1, 0.15) is 0 Å². The summed E-state index contributed by atoms with van der Waals surface area (Å²) >= 11 is 0. The molecular formula is C16H32N2. The average Bonchev–Trinajstić information content (AvgIpc) is 2.60. The molecule has 0 aromatic heterocycles. The van der Waals surface area contributed by atoms with Crippen molar-refractivity contribution in [3.63, 3.8) is 0 Å². The molecule has 1 aliphatic carbocycles. The molecule has 2 aliphatic rings. The first-order chi connectivity index (χ1) is 8.75. The molecule has 2 fully saturated rings. The summed E-state index contributed by atoms with van der Waals surface area (Å²) in [6.07, 6.45) is 11.4. The van der Waals surface area contributed by atoms with Gasteiger partial charge in [0.15, 0.2) is 0 Å². The molecule has 0 spiro atoms. The van der Waals surface area contributed by atoms with Gasteiger partial charge in [0.25, 0.3) is 0 Å². The van der Waals surface area contributed by atoms with Crippen LogP contribution in [0.3, 0.4) is 0 Å². The number of piperidine rings is 1. The van der Waals surface area contributed by atoms with E-state index in [1.807, 2.05) is 0 Å². The third kappa shape index (κ3) is 4.55. The highest BCUT2D eigenvalue weighted by Gasteiger charge is 2.22. The molecule has 1 aliphatic heterocycles. The van der Waals surface area contributed by atoms with Crippen molar-refractivity contribution < 1.29 is 0 Å². The normalized spacial score (nSPS) is 32.3. The Labute approximate surface area is 114 Å². The van der Waals surface area contributed by atoms with Crippen LogP contribution in [0.1, 0.15) is 65.2 Å². The standard InChI is InChI=1S/C16H32N2/c1-14-9-11-18(15(2)13-14)12-10-17-16-7-5-3-4-6-8-16/h14-17H,3-13H2,1-2H3. The van der Waals surface area contributed by atoms with Gasteiger partial charge in [0.05, 0.1) is 0 Å². The molecule has 2 unspecified atom stereocenters. The molecule has 0 aromatic carbocycles. The Bertz CT molecular complexity index is 221. The van der Waals surface area contributed by atoms with Crippen LogP contribution in [0.25, 0.3) is 0 Å². The van der Waals surface area contributed by atoms with Gasteiger partial charge in [-0.3, -0.25) is 4.90 Å². The Morgan fingerprint density at radius 1 is 1.00 bits per heavy atom. The van der Waals surface area contributed by atoms with Gasteiger partial charge >= 0.3 is 0 Å². The van der Waals surface area contributed by atoms with Crippen LogP contribution in [0, 0.1) is 5.92 Å². The molecule has 0 amide bonds. The summed E-state index contributed by atoms with van der Waals surface area (Å²) in [6.45, 7) is 8.57. The van der Waals surface area contributed by atoms with Crippen molar-refractivity contribution in [2.45, 2.75) is 77.3 Å². The maximum atomic E-state index is 3.80. The molecule has 2 rings (SSSR count). The zero-order chi connectivity index (χ0) is 12.8. The lowest BCUT2D eigenvalue weighted by atomic mass is 9.93. The molecule has 106 valence electrons. The van der Waals surface area contributed by atoms with E-state index in [0.29, 0.717) is 0 Å². The summed E-state index contributed by atoms with van der Waals surface area (Å²) in [7, 11) is 0. The van der Waals surface area contributed by atoms with Crippen molar-refractivity contribution in [1.29, 1.82) is 0 Å². The first-order valence-corrected chi connectivity index (χ1v) is 8.23. The molecular weight excluding hydrogens is 220 g/mol. The van der Waals surface area contributed by atoms with Crippen molar-refractivity contribution in [3.8, 4) is 0 Å². The van der Waals surface area contributed by atoms with E-state index in [9.17, 15) is 0 Å². The largest absolute Gasteiger partial charge is 0.313 e. The lowest BCUT2D eigenvalue weighted by Crippen LogP contribution is -2.44. The van der Waals surface area contributed by atoms with Crippen molar-refractivity contribution in [1.82, 2.24) is 10.2 Å². The molecule has 1 saturated carbocycles. The van der Waals surface area contributed by atoms with Crippen LogP contribution in [0.5, 0.6) is 0 Å². The van der Waals surface area contributed by atoms with E-state index < -0.39 is 0 Å². The Balaban J connectivity index is 1.62. The minimum atomic E-state index is 0.796. The Kier molecular flexibility index (Phi) is 5.97. The summed E-state index contributed by atoms with van der Waals surface area (Å²) in [4.78, 5) is 2.68. The summed E-state index contributed by atoms with van der Waals surface area (Å²) in [6, 6.07) is 1.61. The number of nitrogens with zero attached hydrogens (tertiary/aromatic N) is 1. The van der Waals surface area contributed by atoms with Crippen LogP contribution in [0.4, 0.5) is 0 Å². The maximum Gasteiger partial charge on any atom is 0.0110 e. The second-order valence-corrected chi connectivity index (χ2v) is 6.66. The van der Waals surface area contributed by atoms with Gasteiger partial charge in [-0.15, -0.1) is 0 Å². The third-order valence-electron chi connectivity index (χ3n) is 4.96. The number of hydrogen-bond acceptors (Lipinski definition) is 2. The third-order valence-corrected chi connectivity index (χ3v) is 4.96. The number of nitrogens with one attached hydrogen (secondary N) is 1. The fraction of sp³-hybridized carbons (Fsp3) is 1.00. The average molecular weight is 252 g/mol. The van der Waals surface area contributed by atoms with E-state index in [4.69, 9.17) is 0 Å². The highest BCUT2D eigenvalue weighted by molar-refractivity contribution is 4.78. The van der Waals surface area contributed by atoms with Crippen LogP contribution < -0.4 is 5.32 Å². The monoisotopic (exact) mass is 252 g/mol. The molecule has 18 heavy (non-hydrogen) atoms. The number of rotatable bonds is 4. The Hall–Kier alpha value is -0.0800. The molecule has 1 N–H and O–H groups in total. The molecule has 2 nitrogen and oxygen atoms in total. The Morgan fingerprint density at radius 3 is 2.39 bits per heavy atom. The fourth-order valence-electron chi connectivity index (χ4n) is 3.68. The lowest BCUT2D eigenvalue weighted by Gasteiger charge is -2.36. The molecule has 1 heterocycles. The van der Waals surface area contributed by atoms with E-state index >= 15 is 0 Å². The summed E-state index contributed by atoms with van der Waals surface area (Å²) in [5.41, 5.74) is 0. The lowest BCUT2D eigenvalue weighted by molar-refractivity contribution is 0.129. The summed E-state index contributed by atoms with van der Waals surface area (Å²) < 4.78 is 0. The van der Waals surface area contributed by atoms with Crippen LogP contribution >= 0.6 is 0 Å². The second-order valence-electron chi connectivity index (χ2n) is 6.66. The van der Waals surface area contributed by atoms with Crippen LogP contribution in [0.2, 0.25) is 0 Å². The van der Waals surface area contributed by atoms with Gasteiger partial charge in [0, 0.05) is 25.2 Å². The summed E-state index contributed by atoms with van der Waals surface area (Å²) in [5, 5.41) is 3.80. The van der Waals surface area contributed by atoms with Gasteiger partial charge in [-0.2, -0.15) is 0 Å². The van der Waals surface area contributed by atoms with Crippen LogP contribution in [0.15, 0.2) is 0 Å². The topological polar surface area (TPSA) is 15.3 Å². The highest BCUT2D eigenvalue weighted by Crippen LogP contribution is 2.21. The molecule has 2 heteroatoms. The minimum absolute atomic E-state index is 0.796. The van der Waals surface area contributed by atoms with Crippen LogP contribution in [-0.4, -0.2) is 36.6 Å². The predicted octanol–water partition coefficient (Wildman–Crippen LogP) is 3.42. The number of hydrogen-bond donors (Lipinski definition) is 1.